The van der Waals surface area contributed by atoms with Crippen molar-refractivity contribution in [2.75, 3.05) is 30.0 Å². The molecule has 3 aromatic rings. The fraction of sp³-hybridized carbons (Fsp3) is 0.393. The van der Waals surface area contributed by atoms with Crippen molar-refractivity contribution in [2.24, 2.45) is 5.92 Å². The van der Waals surface area contributed by atoms with Gasteiger partial charge in [0.1, 0.15) is 12.4 Å². The van der Waals surface area contributed by atoms with E-state index in [9.17, 15) is 9.59 Å². The number of aromatic nitrogens is 2. The maximum absolute atomic E-state index is 13.2. The van der Waals surface area contributed by atoms with E-state index in [4.69, 9.17) is 5.10 Å². The van der Waals surface area contributed by atoms with Gasteiger partial charge in [-0.05, 0) is 55.5 Å². The summed E-state index contributed by atoms with van der Waals surface area (Å²) in [6.45, 7) is 12.7. The summed E-state index contributed by atoms with van der Waals surface area (Å²) in [4.78, 5) is 28.9. The molecule has 0 fully saturated rings. The lowest BCUT2D eigenvalue weighted by Crippen LogP contribution is -2.42. The van der Waals surface area contributed by atoms with Crippen molar-refractivity contribution >= 4 is 35.2 Å². The second-order valence-electron chi connectivity index (χ2n) is 10.4. The molecule has 3 amide bonds. The molecule has 36 heavy (non-hydrogen) atoms. The zero-order chi connectivity index (χ0) is 26.5. The van der Waals surface area contributed by atoms with E-state index in [-0.39, 0.29) is 29.8 Å². The smallest absolute Gasteiger partial charge is 0.315 e. The van der Waals surface area contributed by atoms with Gasteiger partial charge in [0.2, 0.25) is 5.91 Å². The van der Waals surface area contributed by atoms with E-state index in [2.05, 4.69) is 31.4 Å². The number of carbonyl (C=O) groups excluding carboxylic acids is 2. The van der Waals surface area contributed by atoms with E-state index in [0.717, 1.165) is 21.8 Å². The summed E-state index contributed by atoms with van der Waals surface area (Å²) >= 11 is 1.64. The molecule has 3 rings (SSSR count). The average Bonchev–Trinajstić information content (AvgIpc) is 3.23. The zero-order valence-electron chi connectivity index (χ0n) is 22.3. The Labute approximate surface area is 218 Å². The van der Waals surface area contributed by atoms with Crippen LogP contribution < -0.4 is 10.6 Å². The molecule has 0 radical (unpaired) electrons. The van der Waals surface area contributed by atoms with Crippen LogP contribution >= 0.6 is 11.8 Å². The molecule has 2 aromatic carbocycles. The highest BCUT2D eigenvalue weighted by Gasteiger charge is 2.23. The van der Waals surface area contributed by atoms with Gasteiger partial charge in [0.15, 0.2) is 0 Å². The average molecular weight is 508 g/mol. The van der Waals surface area contributed by atoms with Crippen molar-refractivity contribution in [3.63, 3.8) is 0 Å². The van der Waals surface area contributed by atoms with E-state index < -0.39 is 0 Å². The van der Waals surface area contributed by atoms with E-state index in [0.29, 0.717) is 18.1 Å². The molecule has 2 N–H and O–H groups in total. The van der Waals surface area contributed by atoms with E-state index >= 15 is 0 Å². The molecule has 8 heteroatoms. The Morgan fingerprint density at radius 3 is 2.22 bits per heavy atom. The second kappa shape index (κ2) is 11.6. The number of nitrogens with one attached hydrogen (secondary N) is 2. The minimum atomic E-state index is -0.307. The number of benzene rings is 2. The molecule has 7 nitrogen and oxygen atoms in total. The Hall–Kier alpha value is -3.26. The first kappa shape index (κ1) is 27.3. The van der Waals surface area contributed by atoms with E-state index in [1.807, 2.05) is 81.6 Å². The summed E-state index contributed by atoms with van der Waals surface area (Å²) in [5, 5.41) is 10.7. The number of nitrogens with zero attached hydrogens (tertiary/aromatic N) is 3. The fourth-order valence-corrected chi connectivity index (χ4v) is 4.02. The molecule has 0 unspecified atom stereocenters. The molecule has 1 heterocycles. The Morgan fingerprint density at radius 2 is 1.67 bits per heavy atom. The Balaban J connectivity index is 1.79. The SMILES string of the molecule is CSc1ccc(NC(=O)N(CC(=O)Nc2cc(C(C)(C)C)nn2-c2ccc(C)cc2)CC(C)C)cc1. The van der Waals surface area contributed by atoms with Gasteiger partial charge in [-0.25, -0.2) is 9.48 Å². The van der Waals surface area contributed by atoms with Crippen LogP contribution in [0.15, 0.2) is 59.5 Å². The summed E-state index contributed by atoms with van der Waals surface area (Å²) in [6, 6.07) is 17.2. The van der Waals surface area contributed by atoms with Gasteiger partial charge < -0.3 is 15.5 Å². The number of thioether (sulfide) groups is 1. The standard InChI is InChI=1S/C28H37N5O2S/c1-19(2)17-32(27(35)29-21-10-14-23(36-7)15-11-21)18-26(34)30-25-16-24(28(4,5)6)31-33(25)22-12-8-20(3)9-13-22/h8-16,19H,17-18H2,1-7H3,(H,29,35)(H,30,34). The second-order valence-corrected chi connectivity index (χ2v) is 11.3. The van der Waals surface area contributed by atoms with Crippen LogP contribution in [0, 0.1) is 12.8 Å². The van der Waals surface area contributed by atoms with Crippen molar-refractivity contribution in [2.45, 2.75) is 51.9 Å². The quantitative estimate of drug-likeness (QED) is 0.349. The van der Waals surface area contributed by atoms with Crippen molar-refractivity contribution in [1.29, 1.82) is 0 Å². The molecule has 0 aliphatic carbocycles. The third-order valence-electron chi connectivity index (χ3n) is 5.57. The van der Waals surface area contributed by atoms with Crippen molar-refractivity contribution in [3.05, 3.63) is 65.9 Å². The molecule has 1 aromatic heterocycles. The molecule has 192 valence electrons. The summed E-state index contributed by atoms with van der Waals surface area (Å²) in [7, 11) is 0. The van der Waals surface area contributed by atoms with Crippen molar-refractivity contribution in [1.82, 2.24) is 14.7 Å². The van der Waals surface area contributed by atoms with Gasteiger partial charge in [-0.2, -0.15) is 5.10 Å². The minimum Gasteiger partial charge on any atom is -0.315 e. The lowest BCUT2D eigenvalue weighted by Gasteiger charge is -2.24. The molecule has 0 bridgehead atoms. The number of amides is 3. The summed E-state index contributed by atoms with van der Waals surface area (Å²) in [5.41, 5.74) is 3.37. The fourth-order valence-electron chi connectivity index (χ4n) is 3.61. The van der Waals surface area contributed by atoms with Crippen LogP contribution in [0.2, 0.25) is 0 Å². The number of hydrogen-bond donors (Lipinski definition) is 2. The number of anilines is 2. The Kier molecular flexibility index (Phi) is 8.84. The molecular formula is C28H37N5O2S. The van der Waals surface area contributed by atoms with Gasteiger partial charge in [-0.1, -0.05) is 52.3 Å². The predicted molar refractivity (Wildman–Crippen MR) is 149 cm³/mol. The lowest BCUT2D eigenvalue weighted by molar-refractivity contribution is -0.116. The first-order valence-corrected chi connectivity index (χ1v) is 13.4. The first-order chi connectivity index (χ1) is 17.0. The highest BCUT2D eigenvalue weighted by atomic mass is 32.2. The number of hydrogen-bond acceptors (Lipinski definition) is 4. The molecule has 0 saturated heterocycles. The van der Waals surface area contributed by atoms with Crippen LogP contribution in [0.4, 0.5) is 16.3 Å². The highest BCUT2D eigenvalue weighted by Crippen LogP contribution is 2.26. The molecule has 0 spiro atoms. The normalized spacial score (nSPS) is 11.4. The van der Waals surface area contributed by atoms with Gasteiger partial charge >= 0.3 is 6.03 Å². The largest absolute Gasteiger partial charge is 0.322 e. The van der Waals surface area contributed by atoms with Gasteiger partial charge in [0, 0.05) is 28.6 Å². The summed E-state index contributed by atoms with van der Waals surface area (Å²) in [5.74, 6) is 0.497. The molecule has 0 atom stereocenters. The van der Waals surface area contributed by atoms with Crippen LogP contribution in [0.1, 0.15) is 45.9 Å². The maximum Gasteiger partial charge on any atom is 0.322 e. The van der Waals surface area contributed by atoms with Gasteiger partial charge in [-0.3, -0.25) is 4.79 Å². The maximum atomic E-state index is 13.2. The molecule has 0 aliphatic heterocycles. The van der Waals surface area contributed by atoms with Crippen molar-refractivity contribution in [3.8, 4) is 5.69 Å². The number of carbonyl (C=O) groups is 2. The van der Waals surface area contributed by atoms with E-state index in [1.165, 1.54) is 0 Å². The van der Waals surface area contributed by atoms with Crippen molar-refractivity contribution < 1.29 is 9.59 Å². The highest BCUT2D eigenvalue weighted by molar-refractivity contribution is 7.98. The first-order valence-electron chi connectivity index (χ1n) is 12.1. The van der Waals surface area contributed by atoms with Crippen LogP contribution in [0.25, 0.3) is 5.69 Å². The van der Waals surface area contributed by atoms with E-state index in [1.54, 1.807) is 21.3 Å². The van der Waals surface area contributed by atoms with Crippen LogP contribution in [-0.4, -0.2) is 46.0 Å². The zero-order valence-corrected chi connectivity index (χ0v) is 23.1. The molecular weight excluding hydrogens is 470 g/mol. The number of rotatable bonds is 8. The molecule has 0 saturated carbocycles. The van der Waals surface area contributed by atoms with Crippen LogP contribution in [-0.2, 0) is 10.2 Å². The van der Waals surface area contributed by atoms with Gasteiger partial charge in [0.25, 0.3) is 0 Å². The Bertz CT molecular complexity index is 1180. The molecule has 0 aliphatic rings. The Morgan fingerprint density at radius 1 is 1.03 bits per heavy atom. The monoisotopic (exact) mass is 507 g/mol. The van der Waals surface area contributed by atoms with Crippen LogP contribution in [0.3, 0.4) is 0 Å². The minimum absolute atomic E-state index is 0.0726. The number of urea groups is 1. The lowest BCUT2D eigenvalue weighted by atomic mass is 9.92. The predicted octanol–water partition coefficient (Wildman–Crippen LogP) is 6.33. The van der Waals surface area contributed by atoms with Gasteiger partial charge in [0.05, 0.1) is 11.4 Å². The topological polar surface area (TPSA) is 79.3 Å². The third-order valence-corrected chi connectivity index (χ3v) is 6.32. The van der Waals surface area contributed by atoms with Crippen LogP contribution in [0.5, 0.6) is 0 Å². The number of aryl methyl sites for hydroxylation is 1. The summed E-state index contributed by atoms with van der Waals surface area (Å²) in [6.07, 6.45) is 2.01. The summed E-state index contributed by atoms with van der Waals surface area (Å²) < 4.78 is 1.75. The third kappa shape index (κ3) is 7.37. The van der Waals surface area contributed by atoms with Gasteiger partial charge in [-0.15, -0.1) is 11.8 Å².